The van der Waals surface area contributed by atoms with Crippen molar-refractivity contribution in [2.45, 2.75) is 13.3 Å². The molecule has 1 aliphatic rings. The van der Waals surface area contributed by atoms with Crippen molar-refractivity contribution >= 4 is 17.6 Å². The first kappa shape index (κ1) is 10.4. The fourth-order valence-corrected chi connectivity index (χ4v) is 1.24. The van der Waals surface area contributed by atoms with Crippen LogP contribution in [-0.2, 0) is 25.7 Å². The summed E-state index contributed by atoms with van der Waals surface area (Å²) in [7, 11) is 0. The number of anilines is 1. The van der Waals surface area contributed by atoms with Gasteiger partial charge in [-0.05, 0) is 29.7 Å². The first-order valence-electron chi connectivity index (χ1n) is 4.78. The number of benzene rings is 1. The molecular weight excluding hydrogens is 212 g/mol. The molecule has 0 aliphatic carbocycles. The standard InChI is InChI=1S/C10H10N2O4/c1-2-7-3-5-8(6-4-7)12-11-15-9(13)10(14)16-12/h3-6,11H,2H2,1H3. The number of hydrogen-bond donors (Lipinski definition) is 1. The van der Waals surface area contributed by atoms with Crippen molar-refractivity contribution in [1.82, 2.24) is 5.59 Å². The average molecular weight is 222 g/mol. The fraction of sp³-hybridized carbons (Fsp3) is 0.200. The van der Waals surface area contributed by atoms with Gasteiger partial charge >= 0.3 is 11.9 Å². The molecule has 0 aromatic heterocycles. The zero-order valence-corrected chi connectivity index (χ0v) is 8.60. The maximum Gasteiger partial charge on any atom is 0.444 e. The van der Waals surface area contributed by atoms with Gasteiger partial charge in [0.2, 0.25) is 0 Å². The Balaban J connectivity index is 2.12. The second-order valence-corrected chi connectivity index (χ2v) is 3.17. The van der Waals surface area contributed by atoms with E-state index in [0.717, 1.165) is 17.2 Å². The minimum atomic E-state index is -1.07. The molecule has 1 aromatic carbocycles. The van der Waals surface area contributed by atoms with Gasteiger partial charge in [0.1, 0.15) is 0 Å². The van der Waals surface area contributed by atoms with E-state index in [9.17, 15) is 9.59 Å². The van der Waals surface area contributed by atoms with Crippen molar-refractivity contribution in [3.63, 3.8) is 0 Å². The van der Waals surface area contributed by atoms with E-state index >= 15 is 0 Å². The number of aryl methyl sites for hydroxylation is 1. The topological polar surface area (TPSA) is 67.9 Å². The first-order chi connectivity index (χ1) is 7.70. The summed E-state index contributed by atoms with van der Waals surface area (Å²) < 4.78 is 0. The molecule has 0 unspecified atom stereocenters. The van der Waals surface area contributed by atoms with E-state index in [1.54, 1.807) is 12.1 Å². The molecule has 1 aliphatic heterocycles. The first-order valence-corrected chi connectivity index (χ1v) is 4.78. The third kappa shape index (κ3) is 1.96. The molecule has 1 aromatic rings. The van der Waals surface area contributed by atoms with Gasteiger partial charge in [0.15, 0.2) is 0 Å². The zero-order chi connectivity index (χ0) is 11.5. The van der Waals surface area contributed by atoms with Crippen LogP contribution in [-0.4, -0.2) is 11.9 Å². The van der Waals surface area contributed by atoms with Crippen LogP contribution in [0, 0.1) is 0 Å². The highest BCUT2D eigenvalue weighted by Gasteiger charge is 2.29. The maximum atomic E-state index is 10.9. The van der Waals surface area contributed by atoms with E-state index in [-0.39, 0.29) is 0 Å². The van der Waals surface area contributed by atoms with Gasteiger partial charge in [-0.15, -0.1) is 5.17 Å². The Labute approximate surface area is 91.6 Å². The molecule has 1 heterocycles. The molecule has 6 heteroatoms. The zero-order valence-electron chi connectivity index (χ0n) is 8.60. The molecule has 2 rings (SSSR count). The van der Waals surface area contributed by atoms with E-state index in [1.807, 2.05) is 19.1 Å². The highest BCUT2D eigenvalue weighted by Crippen LogP contribution is 2.16. The Morgan fingerprint density at radius 1 is 1.19 bits per heavy atom. The van der Waals surface area contributed by atoms with Gasteiger partial charge in [0.25, 0.3) is 0 Å². The maximum absolute atomic E-state index is 10.9. The third-order valence-corrected chi connectivity index (χ3v) is 2.14. The van der Waals surface area contributed by atoms with Gasteiger partial charge in [-0.1, -0.05) is 19.1 Å². The van der Waals surface area contributed by atoms with Gasteiger partial charge in [0.05, 0.1) is 5.69 Å². The largest absolute Gasteiger partial charge is 0.444 e. The molecule has 0 bridgehead atoms. The van der Waals surface area contributed by atoms with Crippen molar-refractivity contribution in [2.75, 3.05) is 5.17 Å². The monoisotopic (exact) mass is 222 g/mol. The van der Waals surface area contributed by atoms with E-state index in [1.165, 1.54) is 0 Å². The van der Waals surface area contributed by atoms with Crippen molar-refractivity contribution in [3.05, 3.63) is 29.8 Å². The smallest absolute Gasteiger partial charge is 0.338 e. The molecule has 6 nitrogen and oxygen atoms in total. The molecule has 0 saturated carbocycles. The predicted octanol–water partition coefficient (Wildman–Crippen LogP) is 0.490. The van der Waals surface area contributed by atoms with Crippen molar-refractivity contribution in [1.29, 1.82) is 0 Å². The molecule has 84 valence electrons. The summed E-state index contributed by atoms with van der Waals surface area (Å²) >= 11 is 0. The van der Waals surface area contributed by atoms with Gasteiger partial charge in [-0.25, -0.2) is 9.59 Å². The lowest BCUT2D eigenvalue weighted by Gasteiger charge is -2.25. The molecule has 1 N–H and O–H groups in total. The van der Waals surface area contributed by atoms with Gasteiger partial charge in [-0.2, -0.15) is 0 Å². The molecule has 1 saturated heterocycles. The van der Waals surface area contributed by atoms with Crippen LogP contribution in [0.3, 0.4) is 0 Å². The van der Waals surface area contributed by atoms with Crippen molar-refractivity contribution in [2.24, 2.45) is 0 Å². The van der Waals surface area contributed by atoms with Gasteiger partial charge in [-0.3, -0.25) is 0 Å². The van der Waals surface area contributed by atoms with E-state index < -0.39 is 11.9 Å². The highest BCUT2D eigenvalue weighted by atomic mass is 16.9. The summed E-state index contributed by atoms with van der Waals surface area (Å²) in [5.74, 6) is -2.13. The minimum Gasteiger partial charge on any atom is -0.338 e. The number of carbonyl (C=O) groups is 2. The Morgan fingerprint density at radius 2 is 1.88 bits per heavy atom. The number of nitrogens with one attached hydrogen (secondary N) is 1. The summed E-state index contributed by atoms with van der Waals surface area (Å²) in [6.45, 7) is 2.04. The van der Waals surface area contributed by atoms with Crippen LogP contribution in [0.2, 0.25) is 0 Å². The average Bonchev–Trinajstić information content (AvgIpc) is 2.33. The van der Waals surface area contributed by atoms with E-state index in [0.29, 0.717) is 5.69 Å². The van der Waals surface area contributed by atoms with Crippen LogP contribution in [0.5, 0.6) is 0 Å². The molecule has 0 spiro atoms. The SMILES string of the molecule is CCc1ccc(N2NOC(=O)C(=O)O2)cc1. The van der Waals surface area contributed by atoms with Crippen molar-refractivity contribution in [3.8, 4) is 0 Å². The predicted molar refractivity (Wildman–Crippen MR) is 53.6 cm³/mol. The van der Waals surface area contributed by atoms with Crippen LogP contribution in [0.4, 0.5) is 5.69 Å². The summed E-state index contributed by atoms with van der Waals surface area (Å²) in [6.07, 6.45) is 0.919. The van der Waals surface area contributed by atoms with Crippen LogP contribution in [0.15, 0.2) is 24.3 Å². The van der Waals surface area contributed by atoms with Crippen LogP contribution in [0.25, 0.3) is 0 Å². The van der Waals surface area contributed by atoms with Gasteiger partial charge in [0, 0.05) is 0 Å². The lowest BCUT2D eigenvalue weighted by molar-refractivity contribution is -0.192. The Bertz CT molecular complexity index is 415. The Hall–Kier alpha value is -2.08. The fourth-order valence-electron chi connectivity index (χ4n) is 1.24. The lowest BCUT2D eigenvalue weighted by atomic mass is 10.1. The van der Waals surface area contributed by atoms with Crippen molar-refractivity contribution < 1.29 is 19.3 Å². The Morgan fingerprint density at radius 3 is 2.44 bits per heavy atom. The Kier molecular flexibility index (Phi) is 2.74. The summed E-state index contributed by atoms with van der Waals surface area (Å²) in [6, 6.07) is 7.28. The second-order valence-electron chi connectivity index (χ2n) is 3.17. The number of hydrazine groups is 1. The molecular formula is C10H10N2O4. The summed E-state index contributed by atoms with van der Waals surface area (Å²) in [4.78, 5) is 30.7. The molecule has 0 amide bonds. The van der Waals surface area contributed by atoms with Crippen LogP contribution in [0.1, 0.15) is 12.5 Å². The number of nitrogens with zero attached hydrogens (tertiary/aromatic N) is 1. The van der Waals surface area contributed by atoms with E-state index in [2.05, 4.69) is 15.3 Å². The number of carbonyl (C=O) groups excluding carboxylic acids is 2. The highest BCUT2D eigenvalue weighted by molar-refractivity contribution is 6.30. The normalized spacial score (nSPS) is 15.7. The van der Waals surface area contributed by atoms with Gasteiger partial charge < -0.3 is 9.68 Å². The molecule has 0 atom stereocenters. The third-order valence-electron chi connectivity index (χ3n) is 2.14. The van der Waals surface area contributed by atoms with E-state index in [4.69, 9.17) is 0 Å². The molecule has 1 fully saturated rings. The number of rotatable bonds is 2. The second kappa shape index (κ2) is 4.19. The summed E-state index contributed by atoms with van der Waals surface area (Å²) in [5.41, 5.74) is 3.92. The summed E-state index contributed by atoms with van der Waals surface area (Å²) in [5, 5.41) is 0.989. The quantitative estimate of drug-likeness (QED) is 0.734. The lowest BCUT2D eigenvalue weighted by Crippen LogP contribution is -2.49. The molecule has 0 radical (unpaired) electrons. The minimum absolute atomic E-state index is 0.568. The van der Waals surface area contributed by atoms with Crippen LogP contribution < -0.4 is 10.8 Å². The number of hydrogen-bond acceptors (Lipinski definition) is 6. The van der Waals surface area contributed by atoms with Crippen LogP contribution >= 0.6 is 0 Å². The molecule has 16 heavy (non-hydrogen) atoms.